The Balaban J connectivity index is 2.27. The lowest BCUT2D eigenvalue weighted by Gasteiger charge is -2.19. The third kappa shape index (κ3) is 3.57. The van der Waals surface area contributed by atoms with Crippen molar-refractivity contribution < 1.29 is 17.5 Å². The molecule has 2 unspecified atom stereocenters. The molecule has 1 aromatic carbocycles. The molecule has 1 aromatic rings. The Labute approximate surface area is 128 Å². The summed E-state index contributed by atoms with van der Waals surface area (Å²) < 4.78 is 46.1. The van der Waals surface area contributed by atoms with Crippen LogP contribution in [0.4, 0.5) is 4.39 Å². The number of thiocarbonyl (C=S) groups is 1. The Morgan fingerprint density at radius 1 is 1.48 bits per heavy atom. The van der Waals surface area contributed by atoms with Gasteiger partial charge in [0.15, 0.2) is 0 Å². The number of benzene rings is 1. The summed E-state index contributed by atoms with van der Waals surface area (Å²) in [6, 6.07) is 3.11. The summed E-state index contributed by atoms with van der Waals surface area (Å²) in [5.41, 5.74) is 5.31. The van der Waals surface area contributed by atoms with E-state index in [4.69, 9.17) is 22.7 Å². The summed E-state index contributed by atoms with van der Waals surface area (Å²) >= 11 is 4.72. The van der Waals surface area contributed by atoms with Crippen molar-refractivity contribution in [1.29, 1.82) is 0 Å². The topological polar surface area (TPSA) is 81.4 Å². The quantitative estimate of drug-likeness (QED) is 0.795. The molecular weight excluding hydrogens is 315 g/mol. The maximum absolute atomic E-state index is 13.5. The molecule has 1 saturated carbocycles. The minimum absolute atomic E-state index is 0.0616. The minimum atomic E-state index is -3.77. The van der Waals surface area contributed by atoms with Gasteiger partial charge in [-0.2, -0.15) is 0 Å². The molecule has 1 fully saturated rings. The normalized spacial score (nSPS) is 22.4. The predicted octanol–water partition coefficient (Wildman–Crippen LogP) is 1.31. The first-order valence-corrected chi connectivity index (χ1v) is 8.39. The number of nitrogens with one attached hydrogen (secondary N) is 1. The van der Waals surface area contributed by atoms with Gasteiger partial charge in [-0.05, 0) is 37.5 Å². The number of ether oxygens (including phenoxy) is 1. The van der Waals surface area contributed by atoms with Crippen LogP contribution in [0.2, 0.25) is 0 Å². The average molecular weight is 332 g/mol. The van der Waals surface area contributed by atoms with Crippen LogP contribution >= 0.6 is 12.2 Å². The van der Waals surface area contributed by atoms with E-state index in [1.165, 1.54) is 6.07 Å². The molecule has 0 saturated heterocycles. The summed E-state index contributed by atoms with van der Waals surface area (Å²) in [5, 5.41) is 0. The molecule has 0 aliphatic heterocycles. The first-order chi connectivity index (χ1) is 9.85. The average Bonchev–Trinajstić information content (AvgIpc) is 2.85. The Hall–Kier alpha value is -1.09. The Morgan fingerprint density at radius 2 is 2.19 bits per heavy atom. The van der Waals surface area contributed by atoms with E-state index in [9.17, 15) is 12.8 Å². The first-order valence-electron chi connectivity index (χ1n) is 6.49. The summed E-state index contributed by atoms with van der Waals surface area (Å²) in [6.45, 7) is 0. The molecule has 2 rings (SSSR count). The maximum Gasteiger partial charge on any atom is 0.240 e. The second-order valence-electron chi connectivity index (χ2n) is 4.94. The van der Waals surface area contributed by atoms with Gasteiger partial charge in [0.2, 0.25) is 10.0 Å². The van der Waals surface area contributed by atoms with Gasteiger partial charge in [0.1, 0.15) is 10.8 Å². The fourth-order valence-electron chi connectivity index (χ4n) is 2.47. The van der Waals surface area contributed by atoms with Gasteiger partial charge >= 0.3 is 0 Å². The number of hydrogen-bond donors (Lipinski definition) is 2. The summed E-state index contributed by atoms with van der Waals surface area (Å²) in [7, 11) is -2.22. The van der Waals surface area contributed by atoms with E-state index in [1.807, 2.05) is 0 Å². The largest absolute Gasteiger partial charge is 0.389 e. The van der Waals surface area contributed by atoms with E-state index >= 15 is 0 Å². The predicted molar refractivity (Wildman–Crippen MR) is 81.0 cm³/mol. The second-order valence-corrected chi connectivity index (χ2v) is 7.09. The van der Waals surface area contributed by atoms with Gasteiger partial charge in [-0.3, -0.25) is 0 Å². The van der Waals surface area contributed by atoms with Crippen molar-refractivity contribution in [3.63, 3.8) is 0 Å². The van der Waals surface area contributed by atoms with Crippen molar-refractivity contribution in [2.75, 3.05) is 7.11 Å². The van der Waals surface area contributed by atoms with Crippen LogP contribution in [-0.4, -0.2) is 32.7 Å². The number of nitrogens with two attached hydrogens (primary N) is 1. The molecule has 1 aliphatic carbocycles. The van der Waals surface area contributed by atoms with Gasteiger partial charge in [0.25, 0.3) is 0 Å². The van der Waals surface area contributed by atoms with Gasteiger partial charge in [-0.1, -0.05) is 12.2 Å². The molecule has 2 atom stereocenters. The molecule has 0 bridgehead atoms. The number of sulfonamides is 1. The summed E-state index contributed by atoms with van der Waals surface area (Å²) in [5.74, 6) is -0.642. The summed E-state index contributed by atoms with van der Waals surface area (Å²) in [6.07, 6.45) is 2.27. The SMILES string of the molecule is COC1CCCC1NS(=O)(=O)c1ccc(F)c(C(N)=S)c1. The monoisotopic (exact) mass is 332 g/mol. The fourth-order valence-corrected chi connectivity index (χ4v) is 3.95. The van der Waals surface area contributed by atoms with Crippen molar-refractivity contribution in [3.8, 4) is 0 Å². The molecular formula is C13H17FN2O3S2. The number of methoxy groups -OCH3 is 1. The molecule has 5 nitrogen and oxygen atoms in total. The lowest BCUT2D eigenvalue weighted by Crippen LogP contribution is -2.40. The Morgan fingerprint density at radius 3 is 2.81 bits per heavy atom. The molecule has 0 heterocycles. The van der Waals surface area contributed by atoms with Crippen molar-refractivity contribution in [2.45, 2.75) is 36.3 Å². The Bertz CT molecular complexity index is 649. The molecule has 0 spiro atoms. The van der Waals surface area contributed by atoms with E-state index < -0.39 is 15.8 Å². The third-order valence-corrected chi connectivity index (χ3v) is 5.28. The highest BCUT2D eigenvalue weighted by Crippen LogP contribution is 2.24. The molecule has 116 valence electrons. The van der Waals surface area contributed by atoms with Gasteiger partial charge < -0.3 is 10.5 Å². The zero-order valence-corrected chi connectivity index (χ0v) is 13.1. The van der Waals surface area contributed by atoms with Crippen LogP contribution in [-0.2, 0) is 14.8 Å². The molecule has 21 heavy (non-hydrogen) atoms. The first kappa shape index (κ1) is 16.3. The van der Waals surface area contributed by atoms with Crippen LogP contribution < -0.4 is 10.5 Å². The van der Waals surface area contributed by atoms with E-state index in [-0.39, 0.29) is 27.6 Å². The molecule has 0 amide bonds. The zero-order chi connectivity index (χ0) is 15.6. The van der Waals surface area contributed by atoms with Gasteiger partial charge in [0.05, 0.1) is 11.0 Å². The van der Waals surface area contributed by atoms with Gasteiger partial charge in [-0.25, -0.2) is 17.5 Å². The highest BCUT2D eigenvalue weighted by molar-refractivity contribution is 7.89. The van der Waals surface area contributed by atoms with E-state index in [0.29, 0.717) is 6.42 Å². The van der Waals surface area contributed by atoms with Crippen LogP contribution in [0.1, 0.15) is 24.8 Å². The lowest BCUT2D eigenvalue weighted by molar-refractivity contribution is 0.0916. The highest BCUT2D eigenvalue weighted by Gasteiger charge is 2.31. The molecule has 3 N–H and O–H groups in total. The lowest BCUT2D eigenvalue weighted by atomic mass is 10.2. The van der Waals surface area contributed by atoms with E-state index in [0.717, 1.165) is 25.0 Å². The van der Waals surface area contributed by atoms with Crippen LogP contribution in [0.5, 0.6) is 0 Å². The highest BCUT2D eigenvalue weighted by atomic mass is 32.2. The molecule has 0 aromatic heterocycles. The maximum atomic E-state index is 13.5. The minimum Gasteiger partial charge on any atom is -0.389 e. The molecule has 8 heteroatoms. The standard InChI is InChI=1S/C13H17FN2O3S2/c1-19-12-4-2-3-11(12)16-21(17,18)8-5-6-10(14)9(7-8)13(15)20/h5-7,11-12,16H,2-4H2,1H3,(H2,15,20). The fraction of sp³-hybridized carbons (Fsp3) is 0.462. The third-order valence-electron chi connectivity index (χ3n) is 3.58. The van der Waals surface area contributed by atoms with E-state index in [2.05, 4.69) is 4.72 Å². The van der Waals surface area contributed by atoms with Gasteiger partial charge in [0, 0.05) is 18.7 Å². The zero-order valence-electron chi connectivity index (χ0n) is 11.5. The van der Waals surface area contributed by atoms with Crippen LogP contribution in [0, 0.1) is 5.82 Å². The smallest absolute Gasteiger partial charge is 0.240 e. The van der Waals surface area contributed by atoms with Crippen molar-refractivity contribution in [1.82, 2.24) is 4.72 Å². The van der Waals surface area contributed by atoms with Gasteiger partial charge in [-0.15, -0.1) is 0 Å². The molecule has 1 aliphatic rings. The van der Waals surface area contributed by atoms with Crippen LogP contribution in [0.15, 0.2) is 23.1 Å². The summed E-state index contributed by atoms with van der Waals surface area (Å²) in [4.78, 5) is -0.242. The van der Waals surface area contributed by atoms with Crippen LogP contribution in [0.3, 0.4) is 0 Å². The van der Waals surface area contributed by atoms with Crippen molar-refractivity contribution in [2.24, 2.45) is 5.73 Å². The van der Waals surface area contributed by atoms with Crippen LogP contribution in [0.25, 0.3) is 0 Å². The second kappa shape index (κ2) is 6.35. The number of rotatable bonds is 5. The Kier molecular flexibility index (Phi) is 4.92. The number of halogens is 1. The molecule has 0 radical (unpaired) electrons. The van der Waals surface area contributed by atoms with Crippen molar-refractivity contribution in [3.05, 3.63) is 29.6 Å². The van der Waals surface area contributed by atoms with E-state index in [1.54, 1.807) is 7.11 Å². The van der Waals surface area contributed by atoms with Crippen molar-refractivity contribution >= 4 is 27.2 Å². The number of hydrogen-bond acceptors (Lipinski definition) is 4.